The highest BCUT2D eigenvalue weighted by Crippen LogP contribution is 2.17. The second-order valence-corrected chi connectivity index (χ2v) is 5.73. The molecule has 0 amide bonds. The molecule has 3 nitrogen and oxygen atoms in total. The first-order valence-corrected chi connectivity index (χ1v) is 7.39. The highest BCUT2D eigenvalue weighted by molar-refractivity contribution is 5.31. The fraction of sp³-hybridized carbons (Fsp3) is 0.389. The highest BCUT2D eigenvalue weighted by Gasteiger charge is 2.11. The molecule has 2 aromatic rings. The summed E-state index contributed by atoms with van der Waals surface area (Å²) in [6, 6.07) is 10.2. The van der Waals surface area contributed by atoms with Gasteiger partial charge in [0.15, 0.2) is 0 Å². The van der Waals surface area contributed by atoms with Gasteiger partial charge < -0.3 is 10.0 Å². The van der Waals surface area contributed by atoms with Gasteiger partial charge in [0.25, 0.3) is 0 Å². The maximum Gasteiger partial charge on any atom is 0.0916 e. The minimum Gasteiger partial charge on any atom is -0.387 e. The number of aliphatic hydroxyl groups excluding tert-OH is 1. The Balaban J connectivity index is 1.86. The van der Waals surface area contributed by atoms with Crippen molar-refractivity contribution >= 4 is 0 Å². The van der Waals surface area contributed by atoms with Gasteiger partial charge >= 0.3 is 0 Å². The Morgan fingerprint density at radius 3 is 2.48 bits per heavy atom. The van der Waals surface area contributed by atoms with Crippen LogP contribution in [0.25, 0.3) is 0 Å². The van der Waals surface area contributed by atoms with Gasteiger partial charge in [-0.15, -0.1) is 0 Å². The van der Waals surface area contributed by atoms with Crippen molar-refractivity contribution in [3.8, 4) is 0 Å². The zero-order valence-electron chi connectivity index (χ0n) is 13.1. The number of rotatable bonds is 6. The molecule has 0 aliphatic carbocycles. The smallest absolute Gasteiger partial charge is 0.0916 e. The SMILES string of the molecule is Cc1ccc(C(O)CN(C)CCc2ccncc2)cc1C. The van der Waals surface area contributed by atoms with Gasteiger partial charge in [-0.25, -0.2) is 0 Å². The molecule has 1 atom stereocenters. The summed E-state index contributed by atoms with van der Waals surface area (Å²) in [6.07, 6.45) is 4.17. The largest absolute Gasteiger partial charge is 0.387 e. The first-order valence-electron chi connectivity index (χ1n) is 7.39. The average molecular weight is 284 g/mol. The first-order chi connectivity index (χ1) is 10.1. The summed E-state index contributed by atoms with van der Waals surface area (Å²) in [6.45, 7) is 5.74. The summed E-state index contributed by atoms with van der Waals surface area (Å²) in [5, 5.41) is 10.4. The molecule has 1 aromatic heterocycles. The lowest BCUT2D eigenvalue weighted by molar-refractivity contribution is 0.127. The quantitative estimate of drug-likeness (QED) is 0.886. The molecule has 1 N–H and O–H groups in total. The Hall–Kier alpha value is -1.71. The number of aliphatic hydroxyl groups is 1. The van der Waals surface area contributed by atoms with Gasteiger partial charge in [0.05, 0.1) is 6.10 Å². The molecule has 3 heteroatoms. The third-order valence-electron chi connectivity index (χ3n) is 3.93. The second-order valence-electron chi connectivity index (χ2n) is 5.73. The van der Waals surface area contributed by atoms with Gasteiger partial charge in [0.1, 0.15) is 0 Å². The predicted molar refractivity (Wildman–Crippen MR) is 86.3 cm³/mol. The van der Waals surface area contributed by atoms with Crippen molar-refractivity contribution in [2.45, 2.75) is 26.4 Å². The van der Waals surface area contributed by atoms with Crippen molar-refractivity contribution in [2.24, 2.45) is 0 Å². The van der Waals surface area contributed by atoms with Gasteiger partial charge in [0.2, 0.25) is 0 Å². The van der Waals surface area contributed by atoms with Crippen LogP contribution in [0.1, 0.15) is 28.4 Å². The molecule has 1 unspecified atom stereocenters. The lowest BCUT2D eigenvalue weighted by Gasteiger charge is -2.21. The van der Waals surface area contributed by atoms with Crippen molar-refractivity contribution in [3.63, 3.8) is 0 Å². The molecule has 0 bridgehead atoms. The molecular weight excluding hydrogens is 260 g/mol. The zero-order valence-corrected chi connectivity index (χ0v) is 13.1. The molecule has 2 rings (SSSR count). The second kappa shape index (κ2) is 7.34. The van der Waals surface area contributed by atoms with E-state index < -0.39 is 6.10 Å². The summed E-state index contributed by atoms with van der Waals surface area (Å²) in [4.78, 5) is 6.19. The van der Waals surface area contributed by atoms with E-state index in [1.54, 1.807) is 0 Å². The Kier molecular flexibility index (Phi) is 5.48. The minimum atomic E-state index is -0.438. The Morgan fingerprint density at radius 1 is 1.10 bits per heavy atom. The number of likely N-dealkylation sites (N-methyl/N-ethyl adjacent to an activating group) is 1. The molecular formula is C18H24N2O. The van der Waals surface area contributed by atoms with E-state index in [0.717, 1.165) is 18.5 Å². The Morgan fingerprint density at radius 2 is 1.81 bits per heavy atom. The van der Waals surface area contributed by atoms with Crippen molar-refractivity contribution in [1.82, 2.24) is 9.88 Å². The molecule has 0 spiro atoms. The number of aryl methyl sites for hydroxylation is 2. The number of nitrogens with zero attached hydrogens (tertiary/aromatic N) is 2. The molecule has 0 saturated heterocycles. The molecule has 0 radical (unpaired) electrons. The Bertz CT molecular complexity index is 569. The van der Waals surface area contributed by atoms with E-state index in [9.17, 15) is 5.11 Å². The van der Waals surface area contributed by atoms with Gasteiger partial charge in [-0.05, 0) is 61.7 Å². The predicted octanol–water partition coefficient (Wildman–Crippen LogP) is 2.91. The number of hydrogen-bond acceptors (Lipinski definition) is 3. The third-order valence-corrected chi connectivity index (χ3v) is 3.93. The van der Waals surface area contributed by atoms with Gasteiger partial charge in [0, 0.05) is 25.5 Å². The average Bonchev–Trinajstić information content (AvgIpc) is 2.49. The van der Waals surface area contributed by atoms with E-state index in [2.05, 4.69) is 35.9 Å². The molecule has 112 valence electrons. The fourth-order valence-corrected chi connectivity index (χ4v) is 2.33. The van der Waals surface area contributed by atoms with Crippen molar-refractivity contribution in [2.75, 3.05) is 20.1 Å². The topological polar surface area (TPSA) is 36.4 Å². The Labute approximate surface area is 127 Å². The van der Waals surface area contributed by atoms with Crippen molar-refractivity contribution in [3.05, 3.63) is 65.0 Å². The van der Waals surface area contributed by atoms with Crippen LogP contribution in [0.2, 0.25) is 0 Å². The van der Waals surface area contributed by atoms with Crippen LogP contribution >= 0.6 is 0 Å². The molecule has 21 heavy (non-hydrogen) atoms. The maximum absolute atomic E-state index is 10.4. The number of benzene rings is 1. The number of aromatic nitrogens is 1. The van der Waals surface area contributed by atoms with Crippen molar-refractivity contribution < 1.29 is 5.11 Å². The maximum atomic E-state index is 10.4. The monoisotopic (exact) mass is 284 g/mol. The minimum absolute atomic E-state index is 0.438. The van der Waals surface area contributed by atoms with E-state index in [-0.39, 0.29) is 0 Å². The lowest BCUT2D eigenvalue weighted by atomic mass is 10.0. The van der Waals surface area contributed by atoms with E-state index in [1.807, 2.05) is 37.6 Å². The molecule has 0 saturated carbocycles. The van der Waals surface area contributed by atoms with Crippen LogP contribution in [-0.4, -0.2) is 35.1 Å². The standard InChI is InChI=1S/C18H24N2O/c1-14-4-5-17(12-15(14)2)18(21)13-20(3)11-8-16-6-9-19-10-7-16/h4-7,9-10,12,18,21H,8,11,13H2,1-3H3. The first kappa shape index (κ1) is 15.7. The summed E-state index contributed by atoms with van der Waals surface area (Å²) < 4.78 is 0. The number of pyridine rings is 1. The zero-order chi connectivity index (χ0) is 15.2. The van der Waals surface area contributed by atoms with Gasteiger partial charge in [-0.2, -0.15) is 0 Å². The molecule has 0 aliphatic rings. The van der Waals surface area contributed by atoms with Crippen LogP contribution in [0.5, 0.6) is 0 Å². The van der Waals surface area contributed by atoms with Gasteiger partial charge in [-0.3, -0.25) is 4.98 Å². The third kappa shape index (κ3) is 4.66. The fourth-order valence-electron chi connectivity index (χ4n) is 2.33. The van der Waals surface area contributed by atoms with Crippen LogP contribution < -0.4 is 0 Å². The summed E-state index contributed by atoms with van der Waals surface area (Å²) >= 11 is 0. The highest BCUT2D eigenvalue weighted by atomic mass is 16.3. The molecule has 0 aliphatic heterocycles. The van der Waals surface area contributed by atoms with E-state index in [4.69, 9.17) is 0 Å². The van der Waals surface area contributed by atoms with Crippen LogP contribution in [0, 0.1) is 13.8 Å². The number of hydrogen-bond donors (Lipinski definition) is 1. The van der Waals surface area contributed by atoms with E-state index in [1.165, 1.54) is 16.7 Å². The van der Waals surface area contributed by atoms with Crippen LogP contribution in [0.4, 0.5) is 0 Å². The van der Waals surface area contributed by atoms with Crippen molar-refractivity contribution in [1.29, 1.82) is 0 Å². The van der Waals surface area contributed by atoms with Crippen LogP contribution in [0.3, 0.4) is 0 Å². The normalized spacial score (nSPS) is 12.6. The molecule has 1 heterocycles. The summed E-state index contributed by atoms with van der Waals surface area (Å²) in [5.41, 5.74) is 4.76. The summed E-state index contributed by atoms with van der Waals surface area (Å²) in [5.74, 6) is 0. The lowest BCUT2D eigenvalue weighted by Crippen LogP contribution is -2.26. The summed E-state index contributed by atoms with van der Waals surface area (Å²) in [7, 11) is 2.05. The van der Waals surface area contributed by atoms with Crippen LogP contribution in [-0.2, 0) is 6.42 Å². The van der Waals surface area contributed by atoms with Gasteiger partial charge in [-0.1, -0.05) is 18.2 Å². The van der Waals surface area contributed by atoms with Crippen LogP contribution in [0.15, 0.2) is 42.7 Å². The van der Waals surface area contributed by atoms with E-state index >= 15 is 0 Å². The molecule has 0 fully saturated rings. The molecule has 1 aromatic carbocycles. The van der Waals surface area contributed by atoms with E-state index in [0.29, 0.717) is 6.54 Å².